The van der Waals surface area contributed by atoms with Gasteiger partial charge in [0.05, 0.1) is 11.2 Å². The molecule has 0 saturated carbocycles. The van der Waals surface area contributed by atoms with Crippen LogP contribution in [0.4, 0.5) is 5.82 Å². The number of aromatic nitrogens is 4. The third-order valence-electron chi connectivity index (χ3n) is 4.15. The van der Waals surface area contributed by atoms with Gasteiger partial charge in [0.1, 0.15) is 5.82 Å². The van der Waals surface area contributed by atoms with Crippen LogP contribution in [0.2, 0.25) is 5.02 Å². The van der Waals surface area contributed by atoms with Gasteiger partial charge in [-0.25, -0.2) is 9.97 Å². The second-order valence-electron chi connectivity index (χ2n) is 5.70. The highest BCUT2D eigenvalue weighted by Gasteiger charge is 2.26. The van der Waals surface area contributed by atoms with E-state index in [0.29, 0.717) is 22.9 Å². The first-order valence-corrected chi connectivity index (χ1v) is 7.81. The molecule has 116 valence electrons. The molecule has 1 aliphatic carbocycles. The number of nitrogens with zero attached hydrogens (tertiary/aromatic N) is 3. The molecule has 0 aliphatic heterocycles. The molecule has 2 N–H and O–H groups in total. The Bertz CT molecular complexity index is 891. The molecule has 0 fully saturated rings. The zero-order chi connectivity index (χ0) is 15.8. The Labute approximate surface area is 137 Å². The monoisotopic (exact) mass is 327 g/mol. The van der Waals surface area contributed by atoms with Gasteiger partial charge in [-0.05, 0) is 36.6 Å². The Morgan fingerprint density at radius 2 is 2.26 bits per heavy atom. The van der Waals surface area contributed by atoms with Crippen molar-refractivity contribution in [2.75, 3.05) is 5.32 Å². The van der Waals surface area contributed by atoms with Gasteiger partial charge in [0, 0.05) is 29.6 Å². The predicted octanol–water partition coefficient (Wildman–Crippen LogP) is 2.75. The van der Waals surface area contributed by atoms with Gasteiger partial charge >= 0.3 is 0 Å². The Morgan fingerprint density at radius 1 is 1.35 bits per heavy atom. The lowest BCUT2D eigenvalue weighted by Gasteiger charge is -2.20. The van der Waals surface area contributed by atoms with E-state index in [1.54, 1.807) is 18.3 Å². The minimum Gasteiger partial charge on any atom is -0.310 e. The summed E-state index contributed by atoms with van der Waals surface area (Å²) in [6, 6.07) is 5.41. The fourth-order valence-electron chi connectivity index (χ4n) is 2.91. The summed E-state index contributed by atoms with van der Waals surface area (Å²) in [5.74, 6) is 0.414. The van der Waals surface area contributed by atoms with Gasteiger partial charge in [-0.15, -0.1) is 0 Å². The van der Waals surface area contributed by atoms with Crippen molar-refractivity contribution in [3.63, 3.8) is 0 Å². The van der Waals surface area contributed by atoms with Gasteiger partial charge in [-0.2, -0.15) is 5.10 Å². The van der Waals surface area contributed by atoms with Crippen molar-refractivity contribution in [3.05, 3.63) is 46.9 Å². The molecule has 0 spiro atoms. The number of halogens is 1. The van der Waals surface area contributed by atoms with Gasteiger partial charge < -0.3 is 5.32 Å². The number of amides is 1. The van der Waals surface area contributed by atoms with Gasteiger partial charge in [0.15, 0.2) is 5.65 Å². The van der Waals surface area contributed by atoms with E-state index in [-0.39, 0.29) is 11.8 Å². The Hall–Kier alpha value is -2.47. The lowest BCUT2D eigenvalue weighted by molar-refractivity contribution is -0.120. The molecule has 0 radical (unpaired) electrons. The van der Waals surface area contributed by atoms with Gasteiger partial charge in [-0.1, -0.05) is 11.6 Å². The summed E-state index contributed by atoms with van der Waals surface area (Å²) in [6.07, 6.45) is 5.76. The zero-order valence-corrected chi connectivity index (χ0v) is 13.0. The minimum absolute atomic E-state index is 0.0222. The standard InChI is InChI=1S/C16H14ClN5O/c17-12-5-9-3-4-14(20-15(9)18-8-12)21-16(23)10-1-2-11-7-19-22-13(11)6-10/h3-5,7-8,10H,1-2,6H2,(H,19,22)(H,18,20,21,23). The van der Waals surface area contributed by atoms with Crippen molar-refractivity contribution in [2.24, 2.45) is 5.92 Å². The molecule has 0 aromatic carbocycles. The largest absolute Gasteiger partial charge is 0.310 e. The second-order valence-corrected chi connectivity index (χ2v) is 6.14. The smallest absolute Gasteiger partial charge is 0.229 e. The van der Waals surface area contributed by atoms with E-state index in [9.17, 15) is 4.79 Å². The van der Waals surface area contributed by atoms with Crippen molar-refractivity contribution in [1.29, 1.82) is 0 Å². The normalized spacial score (nSPS) is 17.0. The number of aryl methyl sites for hydroxylation is 1. The first-order valence-electron chi connectivity index (χ1n) is 7.43. The van der Waals surface area contributed by atoms with Crippen molar-refractivity contribution in [2.45, 2.75) is 19.3 Å². The maximum Gasteiger partial charge on any atom is 0.229 e. The summed E-state index contributed by atoms with van der Waals surface area (Å²) in [7, 11) is 0. The van der Waals surface area contributed by atoms with Crippen LogP contribution in [0.1, 0.15) is 17.7 Å². The summed E-state index contributed by atoms with van der Waals surface area (Å²) in [4.78, 5) is 21.0. The summed E-state index contributed by atoms with van der Waals surface area (Å²) >= 11 is 5.91. The topological polar surface area (TPSA) is 83.6 Å². The molecule has 0 saturated heterocycles. The SMILES string of the molecule is O=C(Nc1ccc2cc(Cl)cnc2n1)C1CCc2cn[nH]c2C1. The van der Waals surface area contributed by atoms with Gasteiger partial charge in [-0.3, -0.25) is 9.89 Å². The fraction of sp³-hybridized carbons (Fsp3) is 0.250. The van der Waals surface area contributed by atoms with Crippen molar-refractivity contribution >= 4 is 34.4 Å². The molecule has 1 aliphatic rings. The maximum atomic E-state index is 12.5. The summed E-state index contributed by atoms with van der Waals surface area (Å²) < 4.78 is 0. The average molecular weight is 328 g/mol. The van der Waals surface area contributed by atoms with E-state index in [2.05, 4.69) is 25.5 Å². The third kappa shape index (κ3) is 2.77. The van der Waals surface area contributed by atoms with Crippen molar-refractivity contribution < 1.29 is 4.79 Å². The van der Waals surface area contributed by atoms with E-state index >= 15 is 0 Å². The van der Waals surface area contributed by atoms with E-state index in [1.165, 1.54) is 5.56 Å². The zero-order valence-electron chi connectivity index (χ0n) is 12.2. The molecule has 0 bridgehead atoms. The van der Waals surface area contributed by atoms with E-state index < -0.39 is 0 Å². The fourth-order valence-corrected chi connectivity index (χ4v) is 3.08. The molecule has 1 atom stereocenters. The molecule has 1 amide bonds. The van der Waals surface area contributed by atoms with Crippen molar-refractivity contribution in [3.8, 4) is 0 Å². The van der Waals surface area contributed by atoms with Crippen LogP contribution in [0.3, 0.4) is 0 Å². The lowest BCUT2D eigenvalue weighted by atomic mass is 9.87. The van der Waals surface area contributed by atoms with Crippen LogP contribution < -0.4 is 5.32 Å². The molecular formula is C16H14ClN5O. The van der Waals surface area contributed by atoms with Crippen LogP contribution in [-0.4, -0.2) is 26.1 Å². The Balaban J connectivity index is 1.51. The first-order chi connectivity index (χ1) is 11.2. The van der Waals surface area contributed by atoms with Crippen LogP contribution in [0.15, 0.2) is 30.6 Å². The third-order valence-corrected chi connectivity index (χ3v) is 4.36. The number of aromatic amines is 1. The van der Waals surface area contributed by atoms with Crippen LogP contribution in [0, 0.1) is 5.92 Å². The van der Waals surface area contributed by atoms with Crippen LogP contribution in [0.25, 0.3) is 11.0 Å². The molecule has 23 heavy (non-hydrogen) atoms. The number of carbonyl (C=O) groups excluding carboxylic acids is 1. The van der Waals surface area contributed by atoms with E-state index in [1.807, 2.05) is 12.3 Å². The molecular weight excluding hydrogens is 314 g/mol. The predicted molar refractivity (Wildman–Crippen MR) is 87.3 cm³/mol. The number of H-pyrrole nitrogens is 1. The molecule has 3 aromatic heterocycles. The molecule has 7 heteroatoms. The number of pyridine rings is 2. The molecule has 3 heterocycles. The lowest BCUT2D eigenvalue weighted by Crippen LogP contribution is -2.28. The van der Waals surface area contributed by atoms with Crippen molar-refractivity contribution in [1.82, 2.24) is 20.2 Å². The summed E-state index contributed by atoms with van der Waals surface area (Å²) in [5, 5.41) is 11.3. The number of fused-ring (bicyclic) bond motifs is 2. The molecule has 3 aromatic rings. The molecule has 1 unspecified atom stereocenters. The van der Waals surface area contributed by atoms with Crippen LogP contribution in [-0.2, 0) is 17.6 Å². The number of nitrogens with one attached hydrogen (secondary N) is 2. The maximum absolute atomic E-state index is 12.5. The van der Waals surface area contributed by atoms with Gasteiger partial charge in [0.2, 0.25) is 5.91 Å². The summed E-state index contributed by atoms with van der Waals surface area (Å²) in [6.45, 7) is 0. The molecule has 6 nitrogen and oxygen atoms in total. The number of hydrogen-bond donors (Lipinski definition) is 2. The number of carbonyl (C=O) groups is 1. The number of anilines is 1. The average Bonchev–Trinajstić information content (AvgIpc) is 3.02. The second kappa shape index (κ2) is 5.62. The van der Waals surface area contributed by atoms with E-state index in [4.69, 9.17) is 11.6 Å². The highest BCUT2D eigenvalue weighted by Crippen LogP contribution is 2.25. The van der Waals surface area contributed by atoms with Crippen LogP contribution in [0.5, 0.6) is 0 Å². The quantitative estimate of drug-likeness (QED) is 0.758. The summed E-state index contributed by atoms with van der Waals surface area (Å²) in [5.41, 5.74) is 2.82. The minimum atomic E-state index is -0.0707. The highest BCUT2D eigenvalue weighted by molar-refractivity contribution is 6.31. The molecule has 4 rings (SSSR count). The Morgan fingerprint density at radius 3 is 3.17 bits per heavy atom. The van der Waals surface area contributed by atoms with Gasteiger partial charge in [0.25, 0.3) is 0 Å². The van der Waals surface area contributed by atoms with Crippen LogP contribution >= 0.6 is 11.6 Å². The first kappa shape index (κ1) is 14.1. The number of hydrogen-bond acceptors (Lipinski definition) is 4. The highest BCUT2D eigenvalue weighted by atomic mass is 35.5. The Kier molecular flexibility index (Phi) is 3.46. The number of rotatable bonds is 2. The van der Waals surface area contributed by atoms with E-state index in [0.717, 1.165) is 23.9 Å².